The van der Waals surface area contributed by atoms with E-state index in [9.17, 15) is 4.79 Å². The molecule has 0 radical (unpaired) electrons. The summed E-state index contributed by atoms with van der Waals surface area (Å²) in [7, 11) is 2.21. The Balaban J connectivity index is 1.87. The minimum absolute atomic E-state index is 0.0570. The van der Waals surface area contributed by atoms with Crippen molar-refractivity contribution >= 4 is 5.78 Å². The Bertz CT molecular complexity index is 374. The quantitative estimate of drug-likeness (QED) is 0.715. The highest BCUT2D eigenvalue weighted by molar-refractivity contribution is 5.87. The molecular weight excluding hydrogens is 250 g/mol. The Morgan fingerprint density at radius 1 is 0.900 bits per heavy atom. The third kappa shape index (κ3) is 2.32. The standard InChI is InChI=1S/C16H29N3O/c1-15(2)12(10-18-6-7-18)14(20)13(11-19-8-9-19)16(3,4)17(15)5/h12-13H,6-11H2,1-5H3/t12-,13+. The maximum Gasteiger partial charge on any atom is 0.145 e. The molecule has 2 atom stereocenters. The Kier molecular flexibility index (Phi) is 3.27. The van der Waals surface area contributed by atoms with Crippen LogP contribution in [0.4, 0.5) is 0 Å². The number of hydrogen-bond donors (Lipinski definition) is 0. The van der Waals surface area contributed by atoms with Crippen molar-refractivity contribution in [2.75, 3.05) is 46.3 Å². The summed E-state index contributed by atoms with van der Waals surface area (Å²) in [5, 5.41) is 0. The molecule has 0 aromatic rings. The zero-order chi connectivity index (χ0) is 14.7. The highest BCUT2D eigenvalue weighted by Crippen LogP contribution is 2.43. The normalized spacial score (nSPS) is 37.1. The van der Waals surface area contributed by atoms with Crippen LogP contribution in [0, 0.1) is 11.8 Å². The molecule has 114 valence electrons. The molecule has 0 aromatic carbocycles. The number of ketones is 1. The van der Waals surface area contributed by atoms with Crippen LogP contribution in [-0.2, 0) is 4.79 Å². The third-order valence-electron chi connectivity index (χ3n) is 6.08. The second-order valence-electron chi connectivity index (χ2n) is 7.98. The van der Waals surface area contributed by atoms with Crippen LogP contribution in [-0.4, -0.2) is 77.9 Å². The lowest BCUT2D eigenvalue weighted by molar-refractivity contribution is -0.153. The number of hydrogen-bond acceptors (Lipinski definition) is 4. The van der Waals surface area contributed by atoms with Crippen molar-refractivity contribution < 1.29 is 4.79 Å². The molecule has 0 bridgehead atoms. The van der Waals surface area contributed by atoms with E-state index in [0.717, 1.165) is 13.1 Å². The molecule has 3 saturated heterocycles. The molecule has 3 aliphatic heterocycles. The van der Waals surface area contributed by atoms with Gasteiger partial charge in [-0.25, -0.2) is 0 Å². The maximum atomic E-state index is 13.1. The van der Waals surface area contributed by atoms with E-state index in [2.05, 4.69) is 49.4 Å². The third-order valence-corrected chi connectivity index (χ3v) is 6.08. The summed E-state index contributed by atoms with van der Waals surface area (Å²) < 4.78 is 0. The minimum atomic E-state index is -0.0570. The second kappa shape index (κ2) is 4.52. The average molecular weight is 279 g/mol. The molecule has 0 spiro atoms. The molecule has 0 aromatic heterocycles. The van der Waals surface area contributed by atoms with Gasteiger partial charge in [0.05, 0.1) is 0 Å². The molecule has 0 amide bonds. The molecule has 20 heavy (non-hydrogen) atoms. The predicted octanol–water partition coefficient (Wildman–Crippen LogP) is 0.922. The van der Waals surface area contributed by atoms with Crippen LogP contribution < -0.4 is 0 Å². The van der Waals surface area contributed by atoms with Crippen molar-refractivity contribution in [2.24, 2.45) is 11.8 Å². The number of rotatable bonds is 4. The smallest absolute Gasteiger partial charge is 0.145 e. The van der Waals surface area contributed by atoms with Gasteiger partial charge in [-0.3, -0.25) is 9.69 Å². The number of nitrogens with zero attached hydrogens (tertiary/aromatic N) is 3. The van der Waals surface area contributed by atoms with Crippen LogP contribution in [0.2, 0.25) is 0 Å². The molecule has 0 saturated carbocycles. The number of likely N-dealkylation sites (tertiary alicyclic amines) is 1. The first-order valence-electron chi connectivity index (χ1n) is 7.97. The van der Waals surface area contributed by atoms with Gasteiger partial charge in [0.1, 0.15) is 5.78 Å². The first-order valence-corrected chi connectivity index (χ1v) is 7.97. The number of Topliss-reactive ketones (excluding diaryl/α,β-unsaturated/α-hetero) is 1. The average Bonchev–Trinajstić information content (AvgIpc) is 3.24. The first kappa shape index (κ1) is 14.5. The largest absolute Gasteiger partial charge is 0.300 e. The van der Waals surface area contributed by atoms with E-state index >= 15 is 0 Å². The lowest BCUT2D eigenvalue weighted by atomic mass is 9.66. The van der Waals surface area contributed by atoms with E-state index in [1.54, 1.807) is 0 Å². The summed E-state index contributed by atoms with van der Waals surface area (Å²) in [6, 6.07) is 0. The van der Waals surface area contributed by atoms with Gasteiger partial charge in [-0.2, -0.15) is 0 Å². The van der Waals surface area contributed by atoms with E-state index in [1.165, 1.54) is 26.2 Å². The van der Waals surface area contributed by atoms with Crippen LogP contribution in [0.25, 0.3) is 0 Å². The van der Waals surface area contributed by atoms with Gasteiger partial charge in [0.15, 0.2) is 0 Å². The predicted molar refractivity (Wildman–Crippen MR) is 80.8 cm³/mol. The Hall–Kier alpha value is -0.450. The van der Waals surface area contributed by atoms with Crippen molar-refractivity contribution in [1.29, 1.82) is 0 Å². The van der Waals surface area contributed by atoms with Crippen LogP contribution in [0.1, 0.15) is 27.7 Å². The summed E-state index contributed by atoms with van der Waals surface area (Å²) in [6.45, 7) is 15.6. The summed E-state index contributed by atoms with van der Waals surface area (Å²) >= 11 is 0. The molecule has 4 heteroatoms. The molecule has 3 heterocycles. The highest BCUT2D eigenvalue weighted by Gasteiger charge is 2.56. The number of piperidine rings is 1. The van der Waals surface area contributed by atoms with Crippen LogP contribution in [0.5, 0.6) is 0 Å². The van der Waals surface area contributed by atoms with Crippen molar-refractivity contribution in [3.05, 3.63) is 0 Å². The lowest BCUT2D eigenvalue weighted by Gasteiger charge is -2.57. The Labute approximate surface area is 123 Å². The van der Waals surface area contributed by atoms with E-state index in [0.29, 0.717) is 5.78 Å². The Morgan fingerprint density at radius 3 is 1.55 bits per heavy atom. The highest BCUT2D eigenvalue weighted by atomic mass is 16.1. The molecule has 0 aliphatic carbocycles. The molecule has 0 unspecified atom stereocenters. The van der Waals surface area contributed by atoms with Crippen molar-refractivity contribution in [2.45, 2.75) is 38.8 Å². The van der Waals surface area contributed by atoms with Gasteiger partial charge >= 0.3 is 0 Å². The van der Waals surface area contributed by atoms with E-state index in [1.807, 2.05) is 0 Å². The molecule has 3 rings (SSSR count). The zero-order valence-electron chi connectivity index (χ0n) is 13.6. The van der Waals surface area contributed by atoms with Crippen molar-refractivity contribution in [3.8, 4) is 0 Å². The number of carbonyl (C=O) groups is 1. The fraction of sp³-hybridized carbons (Fsp3) is 0.938. The van der Waals surface area contributed by atoms with E-state index in [-0.39, 0.29) is 22.9 Å². The van der Waals surface area contributed by atoms with Crippen LogP contribution in [0.15, 0.2) is 0 Å². The fourth-order valence-corrected chi connectivity index (χ4v) is 3.80. The molecule has 0 N–H and O–H groups in total. The van der Waals surface area contributed by atoms with Gasteiger partial charge in [0, 0.05) is 62.2 Å². The van der Waals surface area contributed by atoms with E-state index in [4.69, 9.17) is 0 Å². The summed E-state index contributed by atoms with van der Waals surface area (Å²) in [6.07, 6.45) is 0. The SMILES string of the molecule is CN1C(C)(C)[C@H](CN2CC2)C(=O)[C@H](CN2CC2)C1(C)C. The topological polar surface area (TPSA) is 26.3 Å². The number of carbonyl (C=O) groups excluding carboxylic acids is 1. The summed E-state index contributed by atoms with van der Waals surface area (Å²) in [5.41, 5.74) is -0.114. The van der Waals surface area contributed by atoms with E-state index < -0.39 is 0 Å². The zero-order valence-corrected chi connectivity index (χ0v) is 13.6. The van der Waals surface area contributed by atoms with Gasteiger partial charge in [-0.05, 0) is 34.7 Å². The minimum Gasteiger partial charge on any atom is -0.300 e. The van der Waals surface area contributed by atoms with Gasteiger partial charge in [0.25, 0.3) is 0 Å². The van der Waals surface area contributed by atoms with Crippen molar-refractivity contribution in [1.82, 2.24) is 14.7 Å². The van der Waals surface area contributed by atoms with Crippen LogP contribution >= 0.6 is 0 Å². The lowest BCUT2D eigenvalue weighted by Crippen LogP contribution is -2.70. The van der Waals surface area contributed by atoms with Gasteiger partial charge in [-0.15, -0.1) is 0 Å². The van der Waals surface area contributed by atoms with Crippen molar-refractivity contribution in [3.63, 3.8) is 0 Å². The second-order valence-corrected chi connectivity index (χ2v) is 7.98. The fourth-order valence-electron chi connectivity index (χ4n) is 3.80. The van der Waals surface area contributed by atoms with Gasteiger partial charge < -0.3 is 9.80 Å². The molecule has 3 fully saturated rings. The van der Waals surface area contributed by atoms with Gasteiger partial charge in [0.2, 0.25) is 0 Å². The summed E-state index contributed by atoms with van der Waals surface area (Å²) in [5.74, 6) is 0.790. The Morgan fingerprint density at radius 2 is 1.25 bits per heavy atom. The summed E-state index contributed by atoms with van der Waals surface area (Å²) in [4.78, 5) is 20.4. The first-order chi connectivity index (χ1) is 9.24. The van der Waals surface area contributed by atoms with Crippen LogP contribution in [0.3, 0.4) is 0 Å². The monoisotopic (exact) mass is 279 g/mol. The molecule has 3 aliphatic rings. The molecule has 4 nitrogen and oxygen atoms in total. The molecular formula is C16H29N3O. The van der Waals surface area contributed by atoms with Gasteiger partial charge in [-0.1, -0.05) is 0 Å². The maximum absolute atomic E-state index is 13.1.